The molecule has 0 amide bonds. The second kappa shape index (κ2) is 11.3. The number of nitrogens with zero attached hydrogens (tertiary/aromatic N) is 2. The van der Waals surface area contributed by atoms with Gasteiger partial charge in [-0.3, -0.25) is 4.99 Å². The van der Waals surface area contributed by atoms with Crippen LogP contribution in [0.2, 0.25) is 0 Å². The molecule has 0 aromatic carbocycles. The zero-order valence-corrected chi connectivity index (χ0v) is 27.1. The van der Waals surface area contributed by atoms with Gasteiger partial charge in [-0.2, -0.15) is 0 Å². The lowest BCUT2D eigenvalue weighted by atomic mass is 9.45. The molecule has 10 heteroatoms. The van der Waals surface area contributed by atoms with Crippen LogP contribution in [0, 0.1) is 39.9 Å². The number of allylic oxidation sites excluding steroid dienone is 1. The van der Waals surface area contributed by atoms with Crippen LogP contribution in [0.4, 0.5) is 0 Å². The first-order valence-corrected chi connectivity index (χ1v) is 17.6. The van der Waals surface area contributed by atoms with E-state index >= 15 is 0 Å². The summed E-state index contributed by atoms with van der Waals surface area (Å²) >= 11 is 0. The zero-order chi connectivity index (χ0) is 31.8. The van der Waals surface area contributed by atoms with Crippen molar-refractivity contribution < 1.29 is 30.0 Å². The number of aliphatic hydroxyl groups is 3. The lowest BCUT2D eigenvalue weighted by Gasteiger charge is -2.61. The predicted molar refractivity (Wildman–Crippen MR) is 170 cm³/mol. The molecule has 5 aliphatic carbocycles. The first kappa shape index (κ1) is 31.6. The summed E-state index contributed by atoms with van der Waals surface area (Å²) in [6.07, 6.45) is 13.5. The summed E-state index contributed by atoms with van der Waals surface area (Å²) in [7, 11) is 1.69. The van der Waals surface area contributed by atoms with Crippen molar-refractivity contribution in [3.63, 3.8) is 0 Å². The monoisotopic (exact) mass is 626 g/mol. The van der Waals surface area contributed by atoms with E-state index in [0.29, 0.717) is 57.2 Å². The van der Waals surface area contributed by atoms with Gasteiger partial charge < -0.3 is 41.1 Å². The molecule has 7 rings (SSSR count). The summed E-state index contributed by atoms with van der Waals surface area (Å²) in [5.74, 6) is 0.167. The normalized spacial score (nSPS) is 45.4. The van der Waals surface area contributed by atoms with Crippen LogP contribution < -0.4 is 11.1 Å². The summed E-state index contributed by atoms with van der Waals surface area (Å²) in [6, 6.07) is 0. The van der Waals surface area contributed by atoms with Gasteiger partial charge in [0.05, 0.1) is 30.5 Å². The molecule has 2 heterocycles. The third-order valence-corrected chi connectivity index (χ3v) is 14.2. The fourth-order valence-electron chi connectivity index (χ4n) is 12.3. The molecule has 10 nitrogen and oxygen atoms in total. The van der Waals surface area contributed by atoms with Crippen molar-refractivity contribution in [2.45, 2.75) is 108 Å². The molecule has 3 spiro atoms. The molecule has 10 atom stereocenters. The minimum Gasteiger partial charge on any atom is -0.478 e. The van der Waals surface area contributed by atoms with Crippen LogP contribution >= 0.6 is 0 Å². The number of hydrogen-bond donors (Lipinski definition) is 6. The van der Waals surface area contributed by atoms with E-state index in [-0.39, 0.29) is 46.9 Å². The predicted octanol–water partition coefficient (Wildman–Crippen LogP) is 2.78. The molecule has 45 heavy (non-hydrogen) atoms. The molecule has 5 fully saturated rings. The molecular weight excluding hydrogens is 572 g/mol. The second-order valence-electron chi connectivity index (χ2n) is 15.8. The molecule has 1 saturated heterocycles. The Morgan fingerprint density at radius 3 is 2.71 bits per heavy atom. The van der Waals surface area contributed by atoms with Crippen molar-refractivity contribution in [1.82, 2.24) is 10.2 Å². The molecule has 7 N–H and O–H groups in total. The average Bonchev–Trinajstić information content (AvgIpc) is 3.64. The Kier molecular flexibility index (Phi) is 7.95. The first-order valence-electron chi connectivity index (χ1n) is 17.6. The minimum absolute atomic E-state index is 0.00776. The maximum Gasteiger partial charge on any atom is 0.334 e. The Labute approximate surface area is 267 Å². The van der Waals surface area contributed by atoms with E-state index in [9.17, 15) is 25.2 Å². The van der Waals surface area contributed by atoms with Gasteiger partial charge in [0.2, 0.25) is 0 Å². The van der Waals surface area contributed by atoms with Crippen LogP contribution in [0.25, 0.3) is 0 Å². The Morgan fingerprint density at radius 1 is 1.22 bits per heavy atom. The van der Waals surface area contributed by atoms with Crippen molar-refractivity contribution >= 4 is 11.9 Å². The smallest absolute Gasteiger partial charge is 0.334 e. The number of rotatable bonds is 6. The van der Waals surface area contributed by atoms with Crippen LogP contribution in [0.1, 0.15) is 84.0 Å². The van der Waals surface area contributed by atoms with E-state index in [2.05, 4.69) is 23.3 Å². The Balaban J connectivity index is 1.28. The number of aliphatic hydroxyl groups excluding tert-OH is 2. The number of aliphatic carboxylic acids is 1. The summed E-state index contributed by atoms with van der Waals surface area (Å²) in [5.41, 5.74) is 4.96. The molecule has 7 aliphatic rings. The molecule has 4 saturated carbocycles. The zero-order valence-electron chi connectivity index (χ0n) is 27.1. The van der Waals surface area contributed by atoms with Crippen molar-refractivity contribution in [1.29, 1.82) is 0 Å². The molecule has 0 radical (unpaired) electrons. The van der Waals surface area contributed by atoms with Gasteiger partial charge in [-0.1, -0.05) is 25.8 Å². The number of ether oxygens (including phenoxy) is 1. The fourth-order valence-corrected chi connectivity index (χ4v) is 12.3. The summed E-state index contributed by atoms with van der Waals surface area (Å²) in [4.78, 5) is 19.7. The van der Waals surface area contributed by atoms with E-state index < -0.39 is 29.2 Å². The first-order chi connectivity index (χ1) is 21.6. The highest BCUT2D eigenvalue weighted by molar-refractivity contribution is 5.92. The van der Waals surface area contributed by atoms with E-state index in [4.69, 9.17) is 10.5 Å². The Morgan fingerprint density at radius 2 is 2.00 bits per heavy atom. The largest absolute Gasteiger partial charge is 0.478 e. The lowest BCUT2D eigenvalue weighted by molar-refractivity contribution is -0.209. The van der Waals surface area contributed by atoms with E-state index in [1.165, 1.54) is 12.8 Å². The van der Waals surface area contributed by atoms with Crippen molar-refractivity contribution in [3.05, 3.63) is 23.4 Å². The molecule has 0 aromatic heterocycles. The van der Waals surface area contributed by atoms with Crippen LogP contribution in [-0.4, -0.2) is 94.5 Å². The average molecular weight is 627 g/mol. The molecular formula is C35H54N4O6. The van der Waals surface area contributed by atoms with Crippen LogP contribution in [0.15, 0.2) is 28.4 Å². The van der Waals surface area contributed by atoms with Crippen molar-refractivity contribution in [2.24, 2.45) is 50.6 Å². The number of nitrogens with two attached hydrogens (primary N) is 1. The molecule has 2 bridgehead atoms. The van der Waals surface area contributed by atoms with Gasteiger partial charge in [-0.25, -0.2) is 4.79 Å². The quantitative estimate of drug-likeness (QED) is 0.148. The van der Waals surface area contributed by atoms with Gasteiger partial charge >= 0.3 is 5.97 Å². The number of fused-ring (bicyclic) bond motifs is 1. The maximum absolute atomic E-state index is 13.4. The molecule has 0 aromatic rings. The third-order valence-electron chi connectivity index (χ3n) is 14.2. The number of guanidine groups is 1. The lowest BCUT2D eigenvalue weighted by Crippen LogP contribution is -2.63. The summed E-state index contributed by atoms with van der Waals surface area (Å²) in [6.45, 7) is 4.03. The number of hydrogen-bond acceptors (Lipinski definition) is 7. The SMILES string of the molecule is CN=C(N)N1C=CC(CNCCO)C2(C1)C1CCC(C)C23CC(O)(C2CCC4CC5(CCCC5)C(O)CC4O2)C(C(=O)O)=C3C1. The number of carboxylic acids is 1. The van der Waals surface area contributed by atoms with Gasteiger partial charge in [-0.15, -0.1) is 0 Å². The van der Waals surface area contributed by atoms with Crippen LogP contribution in [0.5, 0.6) is 0 Å². The van der Waals surface area contributed by atoms with Gasteiger partial charge in [0.25, 0.3) is 0 Å². The van der Waals surface area contributed by atoms with Gasteiger partial charge in [0, 0.05) is 50.1 Å². The Bertz CT molecular complexity index is 1280. The second-order valence-corrected chi connectivity index (χ2v) is 15.8. The van der Waals surface area contributed by atoms with Gasteiger partial charge in [0.15, 0.2) is 5.96 Å². The van der Waals surface area contributed by atoms with Crippen molar-refractivity contribution in [3.8, 4) is 0 Å². The highest BCUT2D eigenvalue weighted by Crippen LogP contribution is 2.77. The topological polar surface area (TPSA) is 161 Å². The summed E-state index contributed by atoms with van der Waals surface area (Å²) in [5, 5.41) is 48.2. The van der Waals surface area contributed by atoms with E-state index in [0.717, 1.165) is 44.1 Å². The standard InChI is InChI=1S/C35H54N4O6/c1-21-5-7-23-15-25-29(30(42)43)35(44,28-8-6-22-17-32(10-3-4-11-32)27(41)16-26(22)45-28)19-33(21,25)34(23)20-39(31(36)37-2)13-9-24(34)18-38-12-14-40/h9,13,21-24,26-28,38,40-41,44H,3-8,10-12,14-20H2,1-2H3,(H2,36,37)(H,42,43). The molecule has 2 aliphatic heterocycles. The van der Waals surface area contributed by atoms with Crippen molar-refractivity contribution in [2.75, 3.05) is 33.3 Å². The number of carboxylic acid groups (broad SMARTS) is 1. The van der Waals surface area contributed by atoms with Gasteiger partial charge in [-0.05, 0) is 92.4 Å². The third kappa shape index (κ3) is 4.38. The highest BCUT2D eigenvalue weighted by atomic mass is 16.5. The van der Waals surface area contributed by atoms with Crippen LogP contribution in [-0.2, 0) is 9.53 Å². The van der Waals surface area contributed by atoms with E-state index in [1.807, 2.05) is 11.1 Å². The maximum atomic E-state index is 13.4. The van der Waals surface area contributed by atoms with Gasteiger partial charge in [0.1, 0.15) is 5.60 Å². The highest BCUT2D eigenvalue weighted by Gasteiger charge is 2.76. The number of aliphatic imine (C=N–C) groups is 1. The number of nitrogens with one attached hydrogen (secondary N) is 1. The summed E-state index contributed by atoms with van der Waals surface area (Å²) < 4.78 is 6.81. The molecule has 250 valence electrons. The Hall–Kier alpha value is -1.98. The number of carbonyl (C=O) groups is 1. The molecule has 10 unspecified atom stereocenters. The minimum atomic E-state index is -1.62. The van der Waals surface area contributed by atoms with Crippen LogP contribution in [0.3, 0.4) is 0 Å². The van der Waals surface area contributed by atoms with E-state index in [1.54, 1.807) is 7.05 Å². The fraction of sp³-hybridized carbons (Fsp3) is 0.829.